The van der Waals surface area contributed by atoms with Gasteiger partial charge in [0.15, 0.2) is 0 Å². The molecule has 3 rings (SSSR count). The molecular weight excluding hydrogens is 448 g/mol. The molecule has 0 aliphatic rings. The van der Waals surface area contributed by atoms with Crippen molar-refractivity contribution in [3.8, 4) is 0 Å². The Morgan fingerprint density at radius 2 is 1.11 bits per heavy atom. The van der Waals surface area contributed by atoms with Gasteiger partial charge in [-0.3, -0.25) is 4.79 Å². The molecule has 0 aromatic heterocycles. The van der Waals surface area contributed by atoms with Crippen LogP contribution < -0.4 is 0 Å². The van der Waals surface area contributed by atoms with Gasteiger partial charge in [-0.15, -0.1) is 0 Å². The summed E-state index contributed by atoms with van der Waals surface area (Å²) in [6.07, 6.45) is 9.99. The zero-order valence-electron chi connectivity index (χ0n) is 22.0. The molecule has 0 atom stereocenters. The monoisotopic (exact) mass is 490 g/mol. The number of benzene rings is 3. The lowest BCUT2D eigenvalue weighted by Gasteiger charge is -2.42. The lowest BCUT2D eigenvalue weighted by molar-refractivity contribution is -0.131. The third kappa shape index (κ3) is 6.58. The van der Waals surface area contributed by atoms with Crippen LogP contribution in [0.2, 0.25) is 0 Å². The Morgan fingerprint density at radius 1 is 0.686 bits per heavy atom. The van der Waals surface area contributed by atoms with Gasteiger partial charge in [-0.1, -0.05) is 88.6 Å². The summed E-state index contributed by atoms with van der Waals surface area (Å²) in [6.45, 7) is 8.31. The van der Waals surface area contributed by atoms with E-state index in [9.17, 15) is 4.79 Å². The first kappa shape index (κ1) is 27.1. The Labute approximate surface area is 214 Å². The van der Waals surface area contributed by atoms with Crippen LogP contribution in [0, 0.1) is 0 Å². The van der Waals surface area contributed by atoms with E-state index in [1.807, 2.05) is 12.1 Å². The van der Waals surface area contributed by atoms with Crippen molar-refractivity contribution in [1.82, 2.24) is 0 Å². The summed E-state index contributed by atoms with van der Waals surface area (Å²) >= 11 is 0. The molecule has 0 aliphatic carbocycles. The quantitative estimate of drug-likeness (QED) is 0.238. The zero-order valence-corrected chi connectivity index (χ0v) is 22.8. The number of hydrogen-bond acceptors (Lipinski definition) is 2. The third-order valence-electron chi connectivity index (χ3n) is 6.40. The van der Waals surface area contributed by atoms with Gasteiger partial charge >= 0.3 is 5.97 Å². The van der Waals surface area contributed by atoms with Crippen molar-refractivity contribution < 1.29 is 8.98 Å². The van der Waals surface area contributed by atoms with Crippen LogP contribution >= 0.6 is 10.3 Å². The summed E-state index contributed by atoms with van der Waals surface area (Å²) in [6, 6.07) is 25.8. The van der Waals surface area contributed by atoms with Crippen LogP contribution in [0.3, 0.4) is 0 Å². The van der Waals surface area contributed by atoms with Crippen molar-refractivity contribution >= 4 is 16.3 Å². The first-order valence-electron chi connectivity index (χ1n) is 13.3. The molecule has 35 heavy (non-hydrogen) atoms. The lowest BCUT2D eigenvalue weighted by Crippen LogP contribution is -2.16. The Balaban J connectivity index is 2.42. The molecule has 188 valence electrons. The Kier molecular flexibility index (Phi) is 10.5. The fraction of sp³-hybridized carbons (Fsp3) is 0.406. The summed E-state index contributed by atoms with van der Waals surface area (Å²) in [5, 5.41) is 0. The molecule has 0 radical (unpaired) electrons. The highest BCUT2D eigenvalue weighted by molar-refractivity contribution is 8.30. The van der Waals surface area contributed by atoms with Crippen LogP contribution in [0.25, 0.3) is 0 Å². The topological polar surface area (TPSA) is 26.3 Å². The largest absolute Gasteiger partial charge is 0.402 e. The number of rotatable bonds is 13. The van der Waals surface area contributed by atoms with Crippen LogP contribution in [0.15, 0.2) is 87.5 Å². The van der Waals surface area contributed by atoms with Gasteiger partial charge in [0.2, 0.25) is 0 Å². The van der Waals surface area contributed by atoms with E-state index >= 15 is 0 Å². The molecule has 0 amide bonds. The molecule has 0 N–H and O–H groups in total. The molecule has 0 aliphatic heterocycles. The van der Waals surface area contributed by atoms with Gasteiger partial charge < -0.3 is 4.18 Å². The van der Waals surface area contributed by atoms with Gasteiger partial charge in [-0.2, -0.15) is 0 Å². The minimum atomic E-state index is -2.24. The predicted molar refractivity (Wildman–Crippen MR) is 149 cm³/mol. The number of aryl methyl sites for hydroxylation is 3. The number of unbranched alkanes of at least 4 members (excludes halogenated alkanes) is 3. The van der Waals surface area contributed by atoms with Crippen LogP contribution in [-0.2, 0) is 28.2 Å². The van der Waals surface area contributed by atoms with Crippen molar-refractivity contribution in [3.63, 3.8) is 0 Å². The Hall–Kier alpha value is -2.52. The van der Waals surface area contributed by atoms with E-state index in [4.69, 9.17) is 4.18 Å². The van der Waals surface area contributed by atoms with Gasteiger partial charge in [0.1, 0.15) is 0 Å². The second kappa shape index (κ2) is 13.5. The molecule has 0 saturated carbocycles. The number of carbonyl (C=O) groups is 1. The Bertz CT molecular complexity index is 991. The average Bonchev–Trinajstić information content (AvgIpc) is 2.89. The van der Waals surface area contributed by atoms with E-state index in [1.165, 1.54) is 34.4 Å². The van der Waals surface area contributed by atoms with Gasteiger partial charge in [-0.05, 0) is 89.8 Å². The lowest BCUT2D eigenvalue weighted by atomic mass is 9.96. The summed E-state index contributed by atoms with van der Waals surface area (Å²) in [5.41, 5.74) is 4.14. The number of carbonyl (C=O) groups excluding carboxylic acids is 1. The van der Waals surface area contributed by atoms with Crippen molar-refractivity contribution in [3.05, 3.63) is 89.5 Å². The van der Waals surface area contributed by atoms with Crippen molar-refractivity contribution in [2.24, 2.45) is 0 Å². The first-order valence-corrected chi connectivity index (χ1v) is 14.9. The van der Waals surface area contributed by atoms with Gasteiger partial charge in [0, 0.05) is 21.6 Å². The van der Waals surface area contributed by atoms with E-state index in [1.54, 1.807) is 6.92 Å². The minimum absolute atomic E-state index is 0.231. The van der Waals surface area contributed by atoms with Gasteiger partial charge in [0.05, 0.1) is 0 Å². The second-order valence-electron chi connectivity index (χ2n) is 9.31. The van der Waals surface area contributed by atoms with E-state index in [2.05, 4.69) is 81.4 Å². The second-order valence-corrected chi connectivity index (χ2v) is 11.9. The van der Waals surface area contributed by atoms with E-state index < -0.39 is 10.3 Å². The maximum atomic E-state index is 12.8. The van der Waals surface area contributed by atoms with Crippen LogP contribution in [-0.4, -0.2) is 5.97 Å². The van der Waals surface area contributed by atoms with Gasteiger partial charge in [-0.25, -0.2) is 0 Å². The van der Waals surface area contributed by atoms with Crippen molar-refractivity contribution in [2.45, 2.75) is 100 Å². The summed E-state index contributed by atoms with van der Waals surface area (Å²) in [7, 11) is -2.24. The smallest absolute Gasteiger partial charge is 0.313 e. The Morgan fingerprint density at radius 3 is 1.51 bits per heavy atom. The number of hydrogen-bond donors (Lipinski definition) is 0. The summed E-state index contributed by atoms with van der Waals surface area (Å²) in [5.74, 6) is -0.231. The first-order chi connectivity index (χ1) is 17.1. The molecule has 2 nitrogen and oxygen atoms in total. The molecule has 3 heteroatoms. The minimum Gasteiger partial charge on any atom is -0.402 e. The summed E-state index contributed by atoms with van der Waals surface area (Å²) < 4.78 is 6.60. The maximum absolute atomic E-state index is 12.8. The summed E-state index contributed by atoms with van der Waals surface area (Å²) in [4.78, 5) is 16.3. The fourth-order valence-electron chi connectivity index (χ4n) is 4.74. The fourth-order valence-corrected chi connectivity index (χ4v) is 8.25. The van der Waals surface area contributed by atoms with Gasteiger partial charge in [0.25, 0.3) is 0 Å². The molecule has 0 bridgehead atoms. The molecule has 0 unspecified atom stereocenters. The van der Waals surface area contributed by atoms with Crippen LogP contribution in [0.4, 0.5) is 0 Å². The maximum Gasteiger partial charge on any atom is 0.313 e. The SMILES string of the molecule is CCCCc1cc(CCCC)c(S(OC(C)=O)(c2ccccc2)c2ccccc2)c(CCCC)c1. The van der Waals surface area contributed by atoms with E-state index in [0.717, 1.165) is 54.7 Å². The highest BCUT2D eigenvalue weighted by Gasteiger charge is 2.38. The molecule has 0 heterocycles. The molecule has 3 aromatic rings. The standard InChI is InChI=1S/C32H42O2S/c1-5-8-17-27-24-28(18-9-6-2)32(29(25-27)19-10-7-3)35(34-26(4)33,30-20-13-11-14-21-30)31-22-15-12-16-23-31/h11-16,20-25H,5-10,17-19H2,1-4H3. The van der Waals surface area contributed by atoms with Crippen LogP contribution in [0.5, 0.6) is 0 Å². The van der Waals surface area contributed by atoms with Crippen molar-refractivity contribution in [1.29, 1.82) is 0 Å². The highest BCUT2D eigenvalue weighted by atomic mass is 32.3. The molecule has 3 aromatic carbocycles. The van der Waals surface area contributed by atoms with Crippen LogP contribution in [0.1, 0.15) is 82.9 Å². The highest BCUT2D eigenvalue weighted by Crippen LogP contribution is 2.71. The van der Waals surface area contributed by atoms with Crippen molar-refractivity contribution in [2.75, 3.05) is 0 Å². The molecular formula is C32H42O2S. The molecule has 0 saturated heterocycles. The molecule has 0 spiro atoms. The normalized spacial score (nSPS) is 11.9. The predicted octanol–water partition coefficient (Wildman–Crippen LogP) is 9.47. The average molecular weight is 491 g/mol. The zero-order chi connectivity index (χ0) is 25.1. The third-order valence-corrected chi connectivity index (χ3v) is 9.86. The molecule has 0 fully saturated rings. The van der Waals surface area contributed by atoms with E-state index in [-0.39, 0.29) is 5.97 Å². The van der Waals surface area contributed by atoms with E-state index in [0.29, 0.717) is 0 Å².